The molecule has 4 heterocycles. The minimum absolute atomic E-state index is 0.326. The van der Waals surface area contributed by atoms with Gasteiger partial charge in [-0.1, -0.05) is 6.07 Å². The van der Waals surface area contributed by atoms with E-state index in [1.165, 1.54) is 11.3 Å². The first-order chi connectivity index (χ1) is 16.2. The number of rotatable bonds is 7. The second-order valence-corrected chi connectivity index (χ2v) is 9.14. The molecule has 5 rings (SSSR count). The fourth-order valence-corrected chi connectivity index (χ4v) is 4.98. The van der Waals surface area contributed by atoms with Crippen LogP contribution in [0.4, 0.5) is 5.69 Å². The average molecular weight is 481 g/mol. The van der Waals surface area contributed by atoms with E-state index in [1.807, 2.05) is 64.1 Å². The molecule has 168 valence electrons. The number of hydrogen-bond acceptors (Lipinski definition) is 7. The molecule has 1 aliphatic rings. The molecule has 4 aromatic rings. The molecule has 0 fully saturated rings. The highest BCUT2D eigenvalue weighted by Crippen LogP contribution is 2.35. The molecular formula is C24H20N2O5S2. The largest absolute Gasteiger partial charge is 0.486 e. The number of esters is 1. The quantitative estimate of drug-likeness (QED) is 0.357. The fraction of sp³-hybridized carbons (Fsp3) is 0.167. The number of ether oxygens (including phenoxy) is 3. The number of benzene rings is 1. The summed E-state index contributed by atoms with van der Waals surface area (Å²) in [6.45, 7) is 0.939. The van der Waals surface area contributed by atoms with Gasteiger partial charge in [-0.2, -0.15) is 0 Å². The molecule has 0 saturated heterocycles. The Kier molecular flexibility index (Phi) is 6.14. The van der Waals surface area contributed by atoms with Crippen molar-refractivity contribution in [1.82, 2.24) is 4.57 Å². The Hall–Kier alpha value is -3.56. The van der Waals surface area contributed by atoms with Gasteiger partial charge in [0.2, 0.25) is 0 Å². The molecule has 33 heavy (non-hydrogen) atoms. The molecule has 1 aromatic carbocycles. The highest BCUT2D eigenvalue weighted by Gasteiger charge is 2.23. The lowest BCUT2D eigenvalue weighted by Crippen LogP contribution is -2.34. The zero-order valence-corrected chi connectivity index (χ0v) is 19.1. The van der Waals surface area contributed by atoms with Gasteiger partial charge in [0.1, 0.15) is 18.1 Å². The van der Waals surface area contributed by atoms with Crippen LogP contribution in [0.5, 0.6) is 11.5 Å². The smallest absolute Gasteiger partial charge is 0.350 e. The Labute approximate surface area is 198 Å². The van der Waals surface area contributed by atoms with Crippen molar-refractivity contribution in [2.45, 2.75) is 6.54 Å². The summed E-state index contributed by atoms with van der Waals surface area (Å²) in [6.07, 6.45) is 3.71. The minimum atomic E-state index is -0.528. The molecule has 1 aliphatic heterocycles. The standard InChI is InChI=1S/C24H20N2O5S2/c27-22(16-31-24(28)23-19(7-13-33-23)25-8-1-2-9-25)26(15-18-4-3-12-32-18)17-5-6-20-21(14-17)30-11-10-29-20/h1-9,12-14H,10-11,15-16H2. The normalized spacial score (nSPS) is 12.4. The summed E-state index contributed by atoms with van der Waals surface area (Å²) in [5.41, 5.74) is 1.38. The number of fused-ring (bicyclic) bond motifs is 1. The average Bonchev–Trinajstić information content (AvgIpc) is 3.62. The molecule has 0 aliphatic carbocycles. The lowest BCUT2D eigenvalue weighted by Gasteiger charge is -2.25. The van der Waals surface area contributed by atoms with Crippen molar-refractivity contribution in [3.05, 3.63) is 81.4 Å². The molecule has 0 bridgehead atoms. The Morgan fingerprint density at radius 3 is 2.58 bits per heavy atom. The van der Waals surface area contributed by atoms with Crippen LogP contribution in [0, 0.1) is 0 Å². The van der Waals surface area contributed by atoms with Crippen LogP contribution in [0.15, 0.2) is 71.7 Å². The summed E-state index contributed by atoms with van der Waals surface area (Å²) < 4.78 is 18.5. The summed E-state index contributed by atoms with van der Waals surface area (Å²) in [6, 6.07) is 14.9. The highest BCUT2D eigenvalue weighted by atomic mass is 32.1. The molecule has 0 radical (unpaired) electrons. The molecule has 0 spiro atoms. The third kappa shape index (κ3) is 4.64. The summed E-state index contributed by atoms with van der Waals surface area (Å²) in [4.78, 5) is 29.0. The van der Waals surface area contributed by atoms with Crippen LogP contribution in [-0.4, -0.2) is 36.3 Å². The third-order valence-corrected chi connectivity index (χ3v) is 6.82. The maximum Gasteiger partial charge on any atom is 0.350 e. The molecule has 7 nitrogen and oxygen atoms in total. The minimum Gasteiger partial charge on any atom is -0.486 e. The van der Waals surface area contributed by atoms with E-state index in [9.17, 15) is 9.59 Å². The first-order valence-electron chi connectivity index (χ1n) is 10.3. The molecule has 9 heteroatoms. The van der Waals surface area contributed by atoms with Crippen molar-refractivity contribution in [1.29, 1.82) is 0 Å². The van der Waals surface area contributed by atoms with E-state index in [2.05, 4.69) is 0 Å². The highest BCUT2D eigenvalue weighted by molar-refractivity contribution is 7.12. The van der Waals surface area contributed by atoms with Crippen molar-refractivity contribution >= 4 is 40.2 Å². The summed E-state index contributed by atoms with van der Waals surface area (Å²) in [5, 5.41) is 3.79. The van der Waals surface area contributed by atoms with Gasteiger partial charge in [-0.3, -0.25) is 4.79 Å². The Morgan fingerprint density at radius 2 is 1.79 bits per heavy atom. The van der Waals surface area contributed by atoms with Crippen molar-refractivity contribution < 1.29 is 23.8 Å². The van der Waals surface area contributed by atoms with Gasteiger partial charge in [-0.15, -0.1) is 22.7 Å². The first kappa shape index (κ1) is 21.3. The van der Waals surface area contributed by atoms with Crippen LogP contribution >= 0.6 is 22.7 Å². The molecule has 0 N–H and O–H groups in total. The molecule has 3 aromatic heterocycles. The van der Waals surface area contributed by atoms with Crippen molar-refractivity contribution in [3.63, 3.8) is 0 Å². The molecule has 0 saturated carbocycles. The van der Waals surface area contributed by atoms with Gasteiger partial charge >= 0.3 is 5.97 Å². The SMILES string of the molecule is O=C(OCC(=O)N(Cc1cccs1)c1ccc2c(c1)OCCO2)c1sccc1-n1cccc1. The van der Waals surface area contributed by atoms with Gasteiger partial charge in [0.15, 0.2) is 18.1 Å². The van der Waals surface area contributed by atoms with E-state index in [1.54, 1.807) is 28.4 Å². The number of anilines is 1. The number of amides is 1. The van der Waals surface area contributed by atoms with Crippen LogP contribution < -0.4 is 14.4 Å². The van der Waals surface area contributed by atoms with E-state index in [0.29, 0.717) is 41.8 Å². The predicted octanol–water partition coefficient (Wildman–Crippen LogP) is 4.76. The molecule has 1 amide bonds. The van der Waals surface area contributed by atoms with Gasteiger partial charge < -0.3 is 23.7 Å². The Balaban J connectivity index is 1.33. The maximum absolute atomic E-state index is 13.2. The number of nitrogens with zero attached hydrogens (tertiary/aromatic N) is 2. The van der Waals surface area contributed by atoms with Crippen molar-refractivity contribution in [2.75, 3.05) is 24.7 Å². The lowest BCUT2D eigenvalue weighted by molar-refractivity contribution is -0.121. The van der Waals surface area contributed by atoms with E-state index < -0.39 is 5.97 Å². The summed E-state index contributed by atoms with van der Waals surface area (Å²) in [7, 11) is 0. The number of hydrogen-bond donors (Lipinski definition) is 0. The lowest BCUT2D eigenvalue weighted by atomic mass is 10.2. The van der Waals surface area contributed by atoms with Crippen LogP contribution in [0.1, 0.15) is 14.5 Å². The summed E-state index contributed by atoms with van der Waals surface area (Å²) >= 11 is 2.84. The maximum atomic E-state index is 13.2. The number of thiophene rings is 2. The van der Waals surface area contributed by atoms with Gasteiger partial charge in [-0.25, -0.2) is 4.79 Å². The van der Waals surface area contributed by atoms with Crippen molar-refractivity contribution in [3.8, 4) is 17.2 Å². The van der Waals surface area contributed by atoms with Gasteiger partial charge in [-0.05, 0) is 47.2 Å². The predicted molar refractivity (Wildman–Crippen MR) is 127 cm³/mol. The fourth-order valence-electron chi connectivity index (χ4n) is 3.51. The number of carbonyl (C=O) groups excluding carboxylic acids is 2. The van der Waals surface area contributed by atoms with Gasteiger partial charge in [0, 0.05) is 29.0 Å². The molecular weight excluding hydrogens is 460 g/mol. The Bertz CT molecular complexity index is 1250. The molecule has 0 atom stereocenters. The number of aromatic nitrogens is 1. The van der Waals surface area contributed by atoms with Gasteiger partial charge in [0.25, 0.3) is 5.91 Å². The van der Waals surface area contributed by atoms with E-state index in [4.69, 9.17) is 14.2 Å². The Morgan fingerprint density at radius 1 is 0.970 bits per heavy atom. The second-order valence-electron chi connectivity index (χ2n) is 7.19. The van der Waals surface area contributed by atoms with E-state index in [0.717, 1.165) is 10.6 Å². The van der Waals surface area contributed by atoms with E-state index in [-0.39, 0.29) is 12.5 Å². The van der Waals surface area contributed by atoms with E-state index >= 15 is 0 Å². The van der Waals surface area contributed by atoms with Crippen molar-refractivity contribution in [2.24, 2.45) is 0 Å². The van der Waals surface area contributed by atoms with Crippen LogP contribution in [0.2, 0.25) is 0 Å². The zero-order chi connectivity index (χ0) is 22.6. The topological polar surface area (TPSA) is 70.0 Å². The third-order valence-electron chi connectivity index (χ3n) is 5.07. The number of carbonyl (C=O) groups is 2. The van der Waals surface area contributed by atoms with Crippen LogP contribution in [0.3, 0.4) is 0 Å². The van der Waals surface area contributed by atoms with Crippen LogP contribution in [-0.2, 0) is 16.1 Å². The first-order valence-corrected chi connectivity index (χ1v) is 12.1. The zero-order valence-electron chi connectivity index (χ0n) is 17.5. The van der Waals surface area contributed by atoms with Gasteiger partial charge in [0.05, 0.1) is 12.2 Å². The summed E-state index contributed by atoms with van der Waals surface area (Å²) in [5.74, 6) is 0.387. The second kappa shape index (κ2) is 9.51. The molecule has 0 unspecified atom stereocenters. The van der Waals surface area contributed by atoms with Crippen LogP contribution in [0.25, 0.3) is 5.69 Å². The monoisotopic (exact) mass is 480 g/mol.